The van der Waals surface area contributed by atoms with Gasteiger partial charge in [0, 0.05) is 22.6 Å². The number of benzene rings is 1. The molecule has 0 fully saturated rings. The minimum Gasteiger partial charge on any atom is -0.258 e. The molecule has 0 heterocycles. The van der Waals surface area contributed by atoms with Crippen LogP contribution in [0.15, 0.2) is 23.1 Å². The monoisotopic (exact) mass is 242 g/mol. The van der Waals surface area contributed by atoms with Crippen molar-refractivity contribution in [3.8, 4) is 6.07 Å². The van der Waals surface area contributed by atoms with Crippen LogP contribution in [0.2, 0.25) is 0 Å². The van der Waals surface area contributed by atoms with Crippen LogP contribution in [0.25, 0.3) is 0 Å². The molecule has 15 heavy (non-hydrogen) atoms. The highest BCUT2D eigenvalue weighted by atomic mass is 35.5. The van der Waals surface area contributed by atoms with E-state index in [1.807, 2.05) is 0 Å². The number of thioether (sulfide) groups is 1. The summed E-state index contributed by atoms with van der Waals surface area (Å²) in [7, 11) is 0. The molecule has 0 saturated carbocycles. The third kappa shape index (κ3) is 3.11. The first-order valence-electron chi connectivity index (χ1n) is 4.06. The second kappa shape index (κ2) is 5.59. The van der Waals surface area contributed by atoms with E-state index in [1.165, 1.54) is 23.9 Å². The summed E-state index contributed by atoms with van der Waals surface area (Å²) in [6, 6.07) is 6.32. The highest BCUT2D eigenvalue weighted by molar-refractivity contribution is 7.99. The summed E-state index contributed by atoms with van der Waals surface area (Å²) in [6.07, 6.45) is 0. The van der Waals surface area contributed by atoms with Gasteiger partial charge in [-0.3, -0.25) is 10.1 Å². The first-order chi connectivity index (χ1) is 7.19. The Labute approximate surface area is 96.0 Å². The van der Waals surface area contributed by atoms with Crippen LogP contribution in [0.1, 0.15) is 5.56 Å². The van der Waals surface area contributed by atoms with Crippen LogP contribution in [0, 0.1) is 21.4 Å². The van der Waals surface area contributed by atoms with Gasteiger partial charge in [-0.05, 0) is 12.1 Å². The van der Waals surface area contributed by atoms with Gasteiger partial charge < -0.3 is 0 Å². The van der Waals surface area contributed by atoms with E-state index in [0.29, 0.717) is 11.6 Å². The summed E-state index contributed by atoms with van der Waals surface area (Å²) in [5.41, 5.74) is -0.0766. The van der Waals surface area contributed by atoms with E-state index < -0.39 is 4.92 Å². The van der Waals surface area contributed by atoms with Crippen molar-refractivity contribution in [1.82, 2.24) is 0 Å². The quantitative estimate of drug-likeness (QED) is 0.352. The Hall–Kier alpha value is -1.25. The molecule has 0 N–H and O–H groups in total. The lowest BCUT2D eigenvalue weighted by Gasteiger charge is -2.00. The number of rotatable bonds is 4. The van der Waals surface area contributed by atoms with Gasteiger partial charge in [-0.15, -0.1) is 23.4 Å². The zero-order valence-corrected chi connectivity index (χ0v) is 9.22. The van der Waals surface area contributed by atoms with Crippen LogP contribution in [-0.2, 0) is 0 Å². The normalized spacial score (nSPS) is 9.60. The largest absolute Gasteiger partial charge is 0.288 e. The molecule has 0 aliphatic carbocycles. The molecule has 78 valence electrons. The van der Waals surface area contributed by atoms with Gasteiger partial charge in [-0.25, -0.2) is 0 Å². The van der Waals surface area contributed by atoms with Crippen molar-refractivity contribution in [2.24, 2.45) is 0 Å². The smallest absolute Gasteiger partial charge is 0.258 e. The zero-order valence-electron chi connectivity index (χ0n) is 7.64. The second-order valence-corrected chi connectivity index (χ2v) is 4.13. The highest BCUT2D eigenvalue weighted by Gasteiger charge is 2.13. The Morgan fingerprint density at radius 2 is 2.33 bits per heavy atom. The standard InChI is InChI=1S/C9H7ClN2O2S/c10-3-4-15-8-2-1-7(6-11)9(5-8)12(13)14/h1-2,5H,3-4H2. The predicted octanol–water partition coefficient (Wildman–Crippen LogP) is 2.80. The Kier molecular flexibility index (Phi) is 4.40. The molecule has 0 aliphatic heterocycles. The first kappa shape index (κ1) is 11.8. The molecule has 0 radical (unpaired) electrons. The van der Waals surface area contributed by atoms with Crippen molar-refractivity contribution in [3.63, 3.8) is 0 Å². The zero-order chi connectivity index (χ0) is 11.3. The molecule has 6 heteroatoms. The maximum Gasteiger partial charge on any atom is 0.288 e. The molecule has 0 aliphatic rings. The first-order valence-corrected chi connectivity index (χ1v) is 5.58. The topological polar surface area (TPSA) is 66.9 Å². The number of hydrogen-bond acceptors (Lipinski definition) is 4. The molecule has 0 unspecified atom stereocenters. The summed E-state index contributed by atoms with van der Waals surface area (Å²) in [6.45, 7) is 0. The summed E-state index contributed by atoms with van der Waals surface area (Å²) in [4.78, 5) is 10.8. The molecule has 0 atom stereocenters. The van der Waals surface area contributed by atoms with E-state index in [-0.39, 0.29) is 11.3 Å². The molecule has 0 amide bonds. The van der Waals surface area contributed by atoms with E-state index in [0.717, 1.165) is 4.90 Å². The summed E-state index contributed by atoms with van der Waals surface area (Å²) in [5.74, 6) is 1.17. The lowest BCUT2D eigenvalue weighted by atomic mass is 10.2. The van der Waals surface area contributed by atoms with Crippen LogP contribution < -0.4 is 0 Å². The average Bonchev–Trinajstić information content (AvgIpc) is 2.25. The molecule has 0 spiro atoms. The van der Waals surface area contributed by atoms with Gasteiger partial charge in [0.05, 0.1) is 4.92 Å². The summed E-state index contributed by atoms with van der Waals surface area (Å²) in [5, 5.41) is 19.3. The number of nitro benzene ring substituents is 1. The second-order valence-electron chi connectivity index (χ2n) is 2.59. The number of nitro groups is 1. The van der Waals surface area contributed by atoms with Crippen LogP contribution in [0.5, 0.6) is 0 Å². The van der Waals surface area contributed by atoms with Gasteiger partial charge in [-0.2, -0.15) is 5.26 Å². The van der Waals surface area contributed by atoms with Gasteiger partial charge in [0.15, 0.2) is 0 Å². The van der Waals surface area contributed by atoms with Crippen LogP contribution in [0.3, 0.4) is 0 Å². The van der Waals surface area contributed by atoms with Crippen molar-refractivity contribution in [2.45, 2.75) is 4.90 Å². The number of alkyl halides is 1. The predicted molar refractivity (Wildman–Crippen MR) is 59.3 cm³/mol. The minimum atomic E-state index is -0.552. The van der Waals surface area contributed by atoms with Gasteiger partial charge in [0.2, 0.25) is 0 Å². The van der Waals surface area contributed by atoms with E-state index in [2.05, 4.69) is 0 Å². The summed E-state index contributed by atoms with van der Waals surface area (Å²) < 4.78 is 0. The fourth-order valence-corrected chi connectivity index (χ4v) is 1.91. The molecule has 1 rings (SSSR count). The van der Waals surface area contributed by atoms with Crippen LogP contribution in [-0.4, -0.2) is 16.6 Å². The molecule has 0 saturated heterocycles. The lowest BCUT2D eigenvalue weighted by molar-refractivity contribution is -0.385. The fourth-order valence-electron chi connectivity index (χ4n) is 1.00. The van der Waals surface area contributed by atoms with Gasteiger partial charge >= 0.3 is 0 Å². The van der Waals surface area contributed by atoms with E-state index in [4.69, 9.17) is 16.9 Å². The van der Waals surface area contributed by atoms with E-state index >= 15 is 0 Å². The number of nitriles is 1. The Balaban J connectivity index is 3.01. The molecule has 0 bridgehead atoms. The van der Waals surface area contributed by atoms with Crippen LogP contribution >= 0.6 is 23.4 Å². The molecule has 1 aromatic rings. The van der Waals surface area contributed by atoms with Gasteiger partial charge in [0.25, 0.3) is 5.69 Å². The maximum absolute atomic E-state index is 10.6. The molecular formula is C9H7ClN2O2S. The average molecular weight is 243 g/mol. The van der Waals surface area contributed by atoms with Crippen molar-refractivity contribution in [3.05, 3.63) is 33.9 Å². The van der Waals surface area contributed by atoms with Crippen molar-refractivity contribution in [2.75, 3.05) is 11.6 Å². The number of nitrogens with zero attached hydrogens (tertiary/aromatic N) is 2. The fraction of sp³-hybridized carbons (Fsp3) is 0.222. The van der Waals surface area contributed by atoms with Crippen molar-refractivity contribution < 1.29 is 4.92 Å². The molecule has 1 aromatic carbocycles. The van der Waals surface area contributed by atoms with Gasteiger partial charge in [-0.1, -0.05) is 0 Å². The SMILES string of the molecule is N#Cc1ccc(SCCCl)cc1[N+](=O)[O-]. The Morgan fingerprint density at radius 3 is 2.87 bits per heavy atom. The Bertz CT molecular complexity index is 417. The maximum atomic E-state index is 10.6. The van der Waals surface area contributed by atoms with E-state index in [9.17, 15) is 10.1 Å². The number of hydrogen-bond donors (Lipinski definition) is 0. The summed E-state index contributed by atoms with van der Waals surface area (Å²) >= 11 is 6.93. The number of halogens is 1. The lowest BCUT2D eigenvalue weighted by Crippen LogP contribution is -1.92. The van der Waals surface area contributed by atoms with Gasteiger partial charge in [0.1, 0.15) is 11.6 Å². The third-order valence-corrected chi connectivity index (χ3v) is 3.04. The molecule has 4 nitrogen and oxygen atoms in total. The van der Waals surface area contributed by atoms with Crippen LogP contribution in [0.4, 0.5) is 5.69 Å². The Morgan fingerprint density at radius 1 is 1.60 bits per heavy atom. The van der Waals surface area contributed by atoms with Crippen molar-refractivity contribution in [1.29, 1.82) is 5.26 Å². The third-order valence-electron chi connectivity index (χ3n) is 1.63. The molecule has 0 aromatic heterocycles. The minimum absolute atomic E-state index is 0.0789. The van der Waals surface area contributed by atoms with E-state index in [1.54, 1.807) is 12.1 Å². The molecular weight excluding hydrogens is 236 g/mol. The highest BCUT2D eigenvalue weighted by Crippen LogP contribution is 2.26. The van der Waals surface area contributed by atoms with Crippen molar-refractivity contribution >= 4 is 29.1 Å².